The van der Waals surface area contributed by atoms with E-state index < -0.39 is 0 Å². The van der Waals surface area contributed by atoms with Crippen LogP contribution in [0.1, 0.15) is 46.5 Å². The lowest BCUT2D eigenvalue weighted by molar-refractivity contribution is -0.117. The summed E-state index contributed by atoms with van der Waals surface area (Å²) in [5, 5.41) is 6.23. The van der Waals surface area contributed by atoms with E-state index in [1.165, 1.54) is 24.8 Å². The molecule has 1 heterocycles. The standard InChI is InChI=1S/C14H26N2O/c1-4-6-7-12(5-2)8-16-14(17)11(3)13-9-15-10-13/h12,15H,4-10H2,1-3H3,(H,16,17). The second kappa shape index (κ2) is 7.49. The van der Waals surface area contributed by atoms with Crippen molar-refractivity contribution in [2.75, 3.05) is 19.6 Å². The summed E-state index contributed by atoms with van der Waals surface area (Å²) in [7, 11) is 0. The van der Waals surface area contributed by atoms with Crippen molar-refractivity contribution in [1.82, 2.24) is 10.6 Å². The molecule has 0 aromatic carbocycles. The maximum Gasteiger partial charge on any atom is 0.246 e. The summed E-state index contributed by atoms with van der Waals surface area (Å²) >= 11 is 0. The zero-order chi connectivity index (χ0) is 12.7. The minimum atomic E-state index is 0.122. The fourth-order valence-electron chi connectivity index (χ4n) is 1.99. The molecule has 0 radical (unpaired) electrons. The Bertz CT molecular complexity index is 278. The van der Waals surface area contributed by atoms with Crippen molar-refractivity contribution in [2.24, 2.45) is 5.92 Å². The first kappa shape index (κ1) is 14.2. The van der Waals surface area contributed by atoms with Crippen molar-refractivity contribution >= 4 is 5.91 Å². The van der Waals surface area contributed by atoms with E-state index in [4.69, 9.17) is 0 Å². The van der Waals surface area contributed by atoms with E-state index >= 15 is 0 Å². The smallest absolute Gasteiger partial charge is 0.246 e. The molecule has 1 saturated heterocycles. The molecule has 0 aromatic rings. The molecule has 1 amide bonds. The molecule has 2 N–H and O–H groups in total. The van der Waals surface area contributed by atoms with Crippen molar-refractivity contribution in [2.45, 2.75) is 46.5 Å². The van der Waals surface area contributed by atoms with E-state index in [1.54, 1.807) is 0 Å². The molecule has 3 heteroatoms. The Morgan fingerprint density at radius 2 is 2.12 bits per heavy atom. The Morgan fingerprint density at radius 3 is 2.59 bits per heavy atom. The van der Waals surface area contributed by atoms with Crippen molar-refractivity contribution in [1.29, 1.82) is 0 Å². The maximum absolute atomic E-state index is 11.9. The predicted octanol–water partition coefficient (Wildman–Crippen LogP) is 2.24. The van der Waals surface area contributed by atoms with Crippen LogP contribution in [0.2, 0.25) is 0 Å². The van der Waals surface area contributed by atoms with Gasteiger partial charge in [0, 0.05) is 25.2 Å². The highest BCUT2D eigenvalue weighted by Crippen LogP contribution is 2.12. The fourth-order valence-corrected chi connectivity index (χ4v) is 1.99. The van der Waals surface area contributed by atoms with Gasteiger partial charge in [-0.1, -0.05) is 33.1 Å². The van der Waals surface area contributed by atoms with Gasteiger partial charge in [0.05, 0.1) is 0 Å². The normalized spacial score (nSPS) is 16.3. The average molecular weight is 238 g/mol. The molecule has 0 bridgehead atoms. The van der Waals surface area contributed by atoms with Gasteiger partial charge in [-0.3, -0.25) is 4.79 Å². The van der Waals surface area contributed by atoms with Crippen LogP contribution in [0, 0.1) is 5.92 Å². The van der Waals surface area contributed by atoms with Crippen LogP contribution in [0.25, 0.3) is 0 Å². The third kappa shape index (κ3) is 4.50. The molecule has 3 nitrogen and oxygen atoms in total. The highest BCUT2D eigenvalue weighted by Gasteiger charge is 2.16. The minimum Gasteiger partial charge on any atom is -0.352 e. The molecule has 0 saturated carbocycles. The van der Waals surface area contributed by atoms with Crippen LogP contribution in [-0.2, 0) is 4.79 Å². The first-order chi connectivity index (χ1) is 8.19. The zero-order valence-corrected chi connectivity index (χ0v) is 11.4. The Hall–Kier alpha value is -0.830. The molecule has 1 atom stereocenters. The third-order valence-corrected chi connectivity index (χ3v) is 3.64. The lowest BCUT2D eigenvalue weighted by Gasteiger charge is -2.22. The summed E-state index contributed by atoms with van der Waals surface area (Å²) in [6.07, 6.45) is 4.87. The molecule has 98 valence electrons. The molecule has 0 spiro atoms. The van der Waals surface area contributed by atoms with E-state index in [0.717, 1.165) is 31.6 Å². The van der Waals surface area contributed by atoms with Crippen LogP contribution in [0.15, 0.2) is 11.1 Å². The monoisotopic (exact) mass is 238 g/mol. The van der Waals surface area contributed by atoms with Gasteiger partial charge in [-0.05, 0) is 24.8 Å². The van der Waals surface area contributed by atoms with Gasteiger partial charge in [0.2, 0.25) is 5.91 Å². The van der Waals surface area contributed by atoms with Crippen LogP contribution in [0.4, 0.5) is 0 Å². The van der Waals surface area contributed by atoms with Crippen molar-refractivity contribution in [3.05, 3.63) is 11.1 Å². The van der Waals surface area contributed by atoms with Gasteiger partial charge in [0.1, 0.15) is 0 Å². The average Bonchev–Trinajstić information content (AvgIpc) is 2.26. The van der Waals surface area contributed by atoms with E-state index in [9.17, 15) is 4.79 Å². The van der Waals surface area contributed by atoms with Crippen molar-refractivity contribution < 1.29 is 4.79 Å². The first-order valence-electron chi connectivity index (χ1n) is 6.86. The highest BCUT2D eigenvalue weighted by molar-refractivity contribution is 5.93. The van der Waals surface area contributed by atoms with E-state index in [1.807, 2.05) is 6.92 Å². The van der Waals surface area contributed by atoms with Crippen LogP contribution in [-0.4, -0.2) is 25.5 Å². The summed E-state index contributed by atoms with van der Waals surface area (Å²) in [6, 6.07) is 0. The van der Waals surface area contributed by atoms with Gasteiger partial charge in [0.25, 0.3) is 0 Å². The Morgan fingerprint density at radius 1 is 1.41 bits per heavy atom. The molecule has 17 heavy (non-hydrogen) atoms. The third-order valence-electron chi connectivity index (χ3n) is 3.64. The molecular weight excluding hydrogens is 212 g/mol. The second-order valence-electron chi connectivity index (χ2n) is 4.96. The quantitative estimate of drug-likeness (QED) is 0.668. The number of hydrogen-bond donors (Lipinski definition) is 2. The van der Waals surface area contributed by atoms with Crippen LogP contribution >= 0.6 is 0 Å². The topological polar surface area (TPSA) is 41.1 Å². The second-order valence-corrected chi connectivity index (χ2v) is 4.96. The number of rotatable bonds is 7. The van der Waals surface area contributed by atoms with Gasteiger partial charge in [-0.2, -0.15) is 0 Å². The Labute approximate surface area is 105 Å². The van der Waals surface area contributed by atoms with Crippen molar-refractivity contribution in [3.8, 4) is 0 Å². The van der Waals surface area contributed by atoms with Crippen molar-refractivity contribution in [3.63, 3.8) is 0 Å². The summed E-state index contributed by atoms with van der Waals surface area (Å²) < 4.78 is 0. The van der Waals surface area contributed by atoms with Crippen LogP contribution < -0.4 is 10.6 Å². The summed E-state index contributed by atoms with van der Waals surface area (Å²) in [6.45, 7) is 8.93. The molecule has 1 unspecified atom stereocenters. The number of unbranched alkanes of at least 4 members (excludes halogenated alkanes) is 1. The van der Waals surface area contributed by atoms with Gasteiger partial charge >= 0.3 is 0 Å². The van der Waals surface area contributed by atoms with E-state index in [2.05, 4.69) is 24.5 Å². The first-order valence-corrected chi connectivity index (χ1v) is 6.86. The maximum atomic E-state index is 11.9. The number of carbonyl (C=O) groups excluding carboxylic acids is 1. The Balaban J connectivity index is 2.30. The van der Waals surface area contributed by atoms with Crippen LogP contribution in [0.3, 0.4) is 0 Å². The van der Waals surface area contributed by atoms with Gasteiger partial charge < -0.3 is 10.6 Å². The molecule has 0 aromatic heterocycles. The number of carbonyl (C=O) groups is 1. The summed E-state index contributed by atoms with van der Waals surface area (Å²) in [4.78, 5) is 11.9. The fraction of sp³-hybridized carbons (Fsp3) is 0.786. The molecule has 1 aliphatic heterocycles. The predicted molar refractivity (Wildman–Crippen MR) is 71.9 cm³/mol. The lowest BCUT2D eigenvalue weighted by atomic mass is 9.99. The number of nitrogens with one attached hydrogen (secondary N) is 2. The van der Waals surface area contributed by atoms with Gasteiger partial charge in [0.15, 0.2) is 0 Å². The number of amides is 1. The molecule has 0 aliphatic carbocycles. The minimum absolute atomic E-state index is 0.122. The largest absolute Gasteiger partial charge is 0.352 e. The van der Waals surface area contributed by atoms with Crippen LogP contribution in [0.5, 0.6) is 0 Å². The lowest BCUT2D eigenvalue weighted by Crippen LogP contribution is -2.38. The molecule has 1 rings (SSSR count). The number of hydrogen-bond acceptors (Lipinski definition) is 2. The molecule has 1 fully saturated rings. The summed E-state index contributed by atoms with van der Waals surface area (Å²) in [5.41, 5.74) is 2.17. The molecular formula is C14H26N2O. The highest BCUT2D eigenvalue weighted by atomic mass is 16.1. The zero-order valence-electron chi connectivity index (χ0n) is 11.4. The van der Waals surface area contributed by atoms with E-state index in [-0.39, 0.29) is 5.91 Å². The Kier molecular flexibility index (Phi) is 6.27. The summed E-state index contributed by atoms with van der Waals surface area (Å²) in [5.74, 6) is 0.757. The molecule has 1 aliphatic rings. The van der Waals surface area contributed by atoms with Gasteiger partial charge in [-0.25, -0.2) is 0 Å². The van der Waals surface area contributed by atoms with E-state index in [0.29, 0.717) is 5.92 Å². The SMILES string of the molecule is CCCCC(CC)CNC(=O)C(C)=C1CNC1. The van der Waals surface area contributed by atoms with Gasteiger partial charge in [-0.15, -0.1) is 0 Å².